The van der Waals surface area contributed by atoms with Gasteiger partial charge in [-0.05, 0) is 60.9 Å². The molecule has 0 fully saturated rings. The van der Waals surface area contributed by atoms with Crippen molar-refractivity contribution in [2.24, 2.45) is 0 Å². The molecule has 0 saturated carbocycles. The Morgan fingerprint density at radius 1 is 1.00 bits per heavy atom. The number of aryl methyl sites for hydroxylation is 2. The van der Waals surface area contributed by atoms with E-state index in [1.807, 2.05) is 38.1 Å². The van der Waals surface area contributed by atoms with Crippen LogP contribution < -0.4 is 10.1 Å². The zero-order valence-corrected chi connectivity index (χ0v) is 18.1. The van der Waals surface area contributed by atoms with Crippen LogP contribution in [0.1, 0.15) is 16.7 Å². The first-order chi connectivity index (χ1) is 16.2. The van der Waals surface area contributed by atoms with Crippen LogP contribution in [-0.4, -0.2) is 15.8 Å². The van der Waals surface area contributed by atoms with Crippen molar-refractivity contribution in [2.75, 3.05) is 5.32 Å². The Morgan fingerprint density at radius 2 is 1.71 bits per heavy atom. The summed E-state index contributed by atoms with van der Waals surface area (Å²) in [5.41, 5.74) is 1.87. The molecule has 3 rings (SSSR count). The van der Waals surface area contributed by atoms with Crippen LogP contribution in [0.25, 0.3) is 6.08 Å². The highest BCUT2D eigenvalue weighted by Gasteiger charge is 2.21. The van der Waals surface area contributed by atoms with Gasteiger partial charge in [-0.2, -0.15) is 5.26 Å². The number of carbonyl (C=O) groups is 1. The summed E-state index contributed by atoms with van der Waals surface area (Å²) in [4.78, 5) is 33.2. The van der Waals surface area contributed by atoms with Gasteiger partial charge in [0.15, 0.2) is 0 Å². The smallest absolute Gasteiger partial charge is 0.318 e. The molecule has 0 aliphatic carbocycles. The second-order valence-electron chi connectivity index (χ2n) is 7.28. The van der Waals surface area contributed by atoms with Crippen LogP contribution in [0.5, 0.6) is 11.5 Å². The van der Waals surface area contributed by atoms with Crippen LogP contribution in [0.3, 0.4) is 0 Å². The lowest BCUT2D eigenvalue weighted by molar-refractivity contribution is -0.394. The lowest BCUT2D eigenvalue weighted by Gasteiger charge is -2.09. The molecule has 0 aliphatic rings. The predicted octanol–water partition coefficient (Wildman–Crippen LogP) is 5.46. The summed E-state index contributed by atoms with van der Waals surface area (Å²) in [6.45, 7) is 3.74. The van der Waals surface area contributed by atoms with E-state index in [1.165, 1.54) is 18.2 Å². The molecule has 10 nitrogen and oxygen atoms in total. The molecule has 0 heterocycles. The molecular formula is C24H18N4O6. The fourth-order valence-corrected chi connectivity index (χ4v) is 2.98. The van der Waals surface area contributed by atoms with Crippen LogP contribution in [0, 0.1) is 45.4 Å². The van der Waals surface area contributed by atoms with Gasteiger partial charge in [0.2, 0.25) is 5.75 Å². The highest BCUT2D eigenvalue weighted by Crippen LogP contribution is 2.34. The van der Waals surface area contributed by atoms with Crippen LogP contribution in [0.2, 0.25) is 0 Å². The molecule has 0 radical (unpaired) electrons. The minimum Gasteiger partial charge on any atom is -0.450 e. The van der Waals surface area contributed by atoms with Crippen molar-refractivity contribution in [2.45, 2.75) is 13.8 Å². The number of nitrogens with one attached hydrogen (secondary N) is 1. The van der Waals surface area contributed by atoms with E-state index in [-0.39, 0.29) is 17.1 Å². The lowest BCUT2D eigenvalue weighted by atomic mass is 10.1. The molecule has 0 bridgehead atoms. The molecule has 0 saturated heterocycles. The number of ether oxygens (including phenoxy) is 1. The van der Waals surface area contributed by atoms with E-state index in [2.05, 4.69) is 5.32 Å². The Kier molecular flexibility index (Phi) is 6.98. The second kappa shape index (κ2) is 10.1. The first-order valence-corrected chi connectivity index (χ1v) is 9.89. The van der Waals surface area contributed by atoms with Crippen LogP contribution >= 0.6 is 0 Å². The molecule has 3 aromatic carbocycles. The van der Waals surface area contributed by atoms with E-state index >= 15 is 0 Å². The number of amides is 1. The number of nitriles is 1. The maximum atomic E-state index is 12.6. The minimum atomic E-state index is -0.771. The van der Waals surface area contributed by atoms with Crippen LogP contribution in [0.4, 0.5) is 17.1 Å². The quantitative estimate of drug-likeness (QED) is 0.214. The topological polar surface area (TPSA) is 148 Å². The fourth-order valence-electron chi connectivity index (χ4n) is 2.98. The molecular weight excluding hydrogens is 440 g/mol. The van der Waals surface area contributed by atoms with Crippen molar-refractivity contribution in [3.05, 3.63) is 103 Å². The monoisotopic (exact) mass is 458 g/mol. The first kappa shape index (κ1) is 23.6. The summed E-state index contributed by atoms with van der Waals surface area (Å²) >= 11 is 0. The molecule has 0 spiro atoms. The van der Waals surface area contributed by atoms with Crippen molar-refractivity contribution in [3.63, 3.8) is 0 Å². The van der Waals surface area contributed by atoms with E-state index in [0.29, 0.717) is 11.3 Å². The largest absolute Gasteiger partial charge is 0.450 e. The Morgan fingerprint density at radius 3 is 2.32 bits per heavy atom. The number of rotatable bonds is 7. The minimum absolute atomic E-state index is 0.111. The van der Waals surface area contributed by atoms with Crippen LogP contribution in [-0.2, 0) is 4.79 Å². The lowest BCUT2D eigenvalue weighted by Crippen LogP contribution is -2.14. The average molecular weight is 458 g/mol. The van der Waals surface area contributed by atoms with Gasteiger partial charge >= 0.3 is 5.69 Å². The molecule has 0 atom stereocenters. The van der Waals surface area contributed by atoms with E-state index < -0.39 is 27.1 Å². The summed E-state index contributed by atoms with van der Waals surface area (Å²) in [7, 11) is 0. The van der Waals surface area contributed by atoms with Gasteiger partial charge < -0.3 is 10.1 Å². The molecule has 10 heteroatoms. The number of non-ortho nitro benzene ring substituents is 1. The zero-order chi connectivity index (χ0) is 24.8. The number of benzene rings is 3. The maximum absolute atomic E-state index is 12.6. The molecule has 34 heavy (non-hydrogen) atoms. The summed E-state index contributed by atoms with van der Waals surface area (Å²) in [6, 6.07) is 16.7. The third-order valence-corrected chi connectivity index (χ3v) is 4.78. The van der Waals surface area contributed by atoms with Gasteiger partial charge in [-0.3, -0.25) is 25.0 Å². The third-order valence-electron chi connectivity index (χ3n) is 4.78. The van der Waals surface area contributed by atoms with E-state index in [9.17, 15) is 30.3 Å². The van der Waals surface area contributed by atoms with Gasteiger partial charge in [-0.25, -0.2) is 0 Å². The maximum Gasteiger partial charge on any atom is 0.318 e. The summed E-state index contributed by atoms with van der Waals surface area (Å²) in [5, 5.41) is 34.3. The number of anilines is 1. The highest BCUT2D eigenvalue weighted by atomic mass is 16.6. The Balaban J connectivity index is 1.79. The van der Waals surface area contributed by atoms with Gasteiger partial charge in [0, 0.05) is 11.8 Å². The first-order valence-electron chi connectivity index (χ1n) is 9.89. The summed E-state index contributed by atoms with van der Waals surface area (Å²) < 4.78 is 5.51. The number of nitrogens with zero attached hydrogens (tertiary/aromatic N) is 3. The number of hydrogen-bond acceptors (Lipinski definition) is 7. The van der Waals surface area contributed by atoms with Crippen molar-refractivity contribution < 1.29 is 19.4 Å². The Labute approximate surface area is 194 Å². The van der Waals surface area contributed by atoms with E-state index in [0.717, 1.165) is 29.3 Å². The van der Waals surface area contributed by atoms with Crippen molar-refractivity contribution in [3.8, 4) is 17.6 Å². The highest BCUT2D eigenvalue weighted by molar-refractivity contribution is 6.10. The fraction of sp³-hybridized carbons (Fsp3) is 0.0833. The Bertz CT molecular complexity index is 1360. The van der Waals surface area contributed by atoms with Crippen LogP contribution in [0.15, 0.2) is 66.2 Å². The zero-order valence-electron chi connectivity index (χ0n) is 18.1. The number of nitro groups is 2. The molecule has 1 N–H and O–H groups in total. The van der Waals surface area contributed by atoms with Gasteiger partial charge in [0.25, 0.3) is 11.6 Å². The molecule has 0 aromatic heterocycles. The average Bonchev–Trinajstić information content (AvgIpc) is 2.80. The van der Waals surface area contributed by atoms with Gasteiger partial charge in [-0.15, -0.1) is 0 Å². The summed E-state index contributed by atoms with van der Waals surface area (Å²) in [6.07, 6.45) is 1.40. The third kappa shape index (κ3) is 5.60. The van der Waals surface area contributed by atoms with Crippen molar-refractivity contribution in [1.82, 2.24) is 0 Å². The van der Waals surface area contributed by atoms with E-state index in [4.69, 9.17) is 4.74 Å². The normalized spacial score (nSPS) is 10.8. The van der Waals surface area contributed by atoms with Crippen molar-refractivity contribution in [1.29, 1.82) is 5.26 Å². The predicted molar refractivity (Wildman–Crippen MR) is 124 cm³/mol. The molecule has 0 aliphatic heterocycles. The Hall–Kier alpha value is -5.04. The summed E-state index contributed by atoms with van der Waals surface area (Å²) in [5.74, 6) is -0.491. The molecule has 3 aromatic rings. The standard InChI is InChI=1S/C24H18N4O6/c1-15-3-4-16(2)21(11-15)26-24(29)18(14-25)12-17-5-8-20(9-6-17)34-23-10-7-19(27(30)31)13-22(23)28(32)33/h3-13H,1-2H3,(H,26,29)/b18-12+. The number of hydrogen-bond donors (Lipinski definition) is 1. The van der Waals surface area contributed by atoms with Gasteiger partial charge in [0.05, 0.1) is 15.9 Å². The van der Waals surface area contributed by atoms with Crippen molar-refractivity contribution >= 4 is 29.0 Å². The van der Waals surface area contributed by atoms with Gasteiger partial charge in [-0.1, -0.05) is 24.3 Å². The molecule has 170 valence electrons. The molecule has 1 amide bonds. The number of nitro benzene ring substituents is 2. The molecule has 0 unspecified atom stereocenters. The van der Waals surface area contributed by atoms with Gasteiger partial charge in [0.1, 0.15) is 17.4 Å². The SMILES string of the molecule is Cc1ccc(C)c(NC(=O)/C(C#N)=C/c2ccc(Oc3ccc([N+](=O)[O-])cc3[N+](=O)[O-])cc2)c1. The van der Waals surface area contributed by atoms with E-state index in [1.54, 1.807) is 12.1 Å². The number of carbonyl (C=O) groups excluding carboxylic acids is 1. The second-order valence-corrected chi connectivity index (χ2v) is 7.28.